The molecule has 0 aliphatic rings. The SMILES string of the molecule is CCC(F)(C(F)(F)F)C(F)(F)F.CCCCSC#N. The van der Waals surface area contributed by atoms with Gasteiger partial charge in [0.1, 0.15) is 5.40 Å². The van der Waals surface area contributed by atoms with Crippen molar-refractivity contribution in [1.82, 2.24) is 0 Å². The van der Waals surface area contributed by atoms with Crippen molar-refractivity contribution >= 4 is 11.8 Å². The van der Waals surface area contributed by atoms with Crippen LogP contribution in [0.25, 0.3) is 0 Å². The average Bonchev–Trinajstić information content (AvgIpc) is 2.26. The van der Waals surface area contributed by atoms with Gasteiger partial charge in [-0.3, -0.25) is 0 Å². The van der Waals surface area contributed by atoms with E-state index in [4.69, 9.17) is 5.26 Å². The van der Waals surface area contributed by atoms with Crippen molar-refractivity contribution in [2.24, 2.45) is 0 Å². The topological polar surface area (TPSA) is 23.8 Å². The maximum Gasteiger partial charge on any atom is 0.431 e. The Morgan fingerprint density at radius 2 is 1.37 bits per heavy atom. The van der Waals surface area contributed by atoms with E-state index in [1.165, 1.54) is 18.2 Å². The van der Waals surface area contributed by atoms with E-state index in [0.717, 1.165) is 12.2 Å². The second-order valence-corrected chi connectivity index (χ2v) is 4.32. The molecular weight excluding hydrogens is 299 g/mol. The normalized spacial score (nSPS) is 12.4. The first-order valence-electron chi connectivity index (χ1n) is 5.31. The van der Waals surface area contributed by atoms with Gasteiger partial charge in [-0.25, -0.2) is 4.39 Å². The number of rotatable bonds is 4. The molecule has 0 aromatic carbocycles. The Balaban J connectivity index is 0. The van der Waals surface area contributed by atoms with Crippen LogP contribution in [-0.4, -0.2) is 23.8 Å². The second kappa shape index (κ2) is 8.51. The highest BCUT2D eigenvalue weighted by Crippen LogP contribution is 2.47. The number of alkyl halides is 7. The molecule has 0 fully saturated rings. The van der Waals surface area contributed by atoms with E-state index < -0.39 is 24.4 Å². The van der Waals surface area contributed by atoms with Crippen molar-refractivity contribution in [2.45, 2.75) is 51.1 Å². The predicted molar refractivity (Wildman–Crippen MR) is 59.2 cm³/mol. The lowest BCUT2D eigenvalue weighted by Crippen LogP contribution is -2.52. The van der Waals surface area contributed by atoms with Crippen molar-refractivity contribution in [3.63, 3.8) is 0 Å². The molecule has 0 aliphatic carbocycles. The molecule has 0 spiro atoms. The van der Waals surface area contributed by atoms with Crippen molar-refractivity contribution in [3.8, 4) is 5.40 Å². The minimum absolute atomic E-state index is 0.487. The average molecular weight is 313 g/mol. The van der Waals surface area contributed by atoms with Gasteiger partial charge in [0, 0.05) is 5.75 Å². The number of halogens is 7. The van der Waals surface area contributed by atoms with Crippen LogP contribution in [0.15, 0.2) is 0 Å². The number of thioether (sulfide) groups is 1. The van der Waals surface area contributed by atoms with Gasteiger partial charge >= 0.3 is 12.4 Å². The maximum atomic E-state index is 12.3. The quantitative estimate of drug-likeness (QED) is 0.403. The summed E-state index contributed by atoms with van der Waals surface area (Å²) in [5, 5.41) is 10.0. The van der Waals surface area contributed by atoms with Gasteiger partial charge in [0.2, 0.25) is 0 Å². The van der Waals surface area contributed by atoms with E-state index in [-0.39, 0.29) is 0 Å². The first-order chi connectivity index (χ1) is 8.47. The summed E-state index contributed by atoms with van der Waals surface area (Å²) in [5.41, 5.74) is -5.08. The van der Waals surface area contributed by atoms with Crippen molar-refractivity contribution in [3.05, 3.63) is 0 Å². The molecule has 0 saturated carbocycles. The Kier molecular flexibility index (Phi) is 9.25. The van der Waals surface area contributed by atoms with Gasteiger partial charge in [0.15, 0.2) is 0 Å². The molecule has 0 aromatic rings. The number of nitriles is 1. The van der Waals surface area contributed by atoms with Gasteiger partial charge in [0.25, 0.3) is 5.67 Å². The number of hydrogen-bond donors (Lipinski definition) is 0. The monoisotopic (exact) mass is 313 g/mol. The van der Waals surface area contributed by atoms with Crippen molar-refractivity contribution in [1.29, 1.82) is 5.26 Å². The largest absolute Gasteiger partial charge is 0.431 e. The van der Waals surface area contributed by atoms with Crippen LogP contribution in [0.2, 0.25) is 0 Å². The van der Waals surface area contributed by atoms with E-state index in [1.807, 2.05) is 5.40 Å². The molecule has 19 heavy (non-hydrogen) atoms. The first kappa shape index (κ1) is 20.7. The lowest BCUT2D eigenvalue weighted by Gasteiger charge is -2.28. The fourth-order valence-electron chi connectivity index (χ4n) is 0.824. The summed E-state index contributed by atoms with van der Waals surface area (Å²) >= 11 is 1.34. The minimum atomic E-state index is -5.90. The van der Waals surface area contributed by atoms with Gasteiger partial charge in [-0.2, -0.15) is 31.6 Å². The maximum absolute atomic E-state index is 12.3. The molecule has 1 nitrogen and oxygen atoms in total. The van der Waals surface area contributed by atoms with Gasteiger partial charge in [-0.1, -0.05) is 20.3 Å². The molecule has 0 N–H and O–H groups in total. The van der Waals surface area contributed by atoms with E-state index in [2.05, 4.69) is 6.92 Å². The molecule has 0 unspecified atom stereocenters. The first-order valence-corrected chi connectivity index (χ1v) is 6.29. The van der Waals surface area contributed by atoms with Crippen molar-refractivity contribution in [2.75, 3.05) is 5.75 Å². The zero-order chi connectivity index (χ0) is 15.7. The van der Waals surface area contributed by atoms with Crippen LogP contribution < -0.4 is 0 Å². The molecule has 0 radical (unpaired) electrons. The predicted octanol–water partition coefficient (Wildman–Crippen LogP) is 5.23. The molecule has 0 rings (SSSR count). The molecule has 114 valence electrons. The summed E-state index contributed by atoms with van der Waals surface area (Å²) in [6.45, 7) is 2.61. The molecule has 0 heterocycles. The Morgan fingerprint density at radius 3 is 1.53 bits per heavy atom. The summed E-state index contributed by atoms with van der Waals surface area (Å²) in [7, 11) is 0. The third-order valence-corrected chi connectivity index (χ3v) is 2.67. The van der Waals surface area contributed by atoms with E-state index >= 15 is 0 Å². The highest BCUT2D eigenvalue weighted by Gasteiger charge is 2.71. The summed E-state index contributed by atoms with van der Waals surface area (Å²) in [4.78, 5) is 0. The van der Waals surface area contributed by atoms with Crippen LogP contribution in [0.1, 0.15) is 33.1 Å². The molecule has 0 aliphatic heterocycles. The van der Waals surface area contributed by atoms with Gasteiger partial charge < -0.3 is 0 Å². The molecule has 0 bridgehead atoms. The zero-order valence-corrected chi connectivity index (χ0v) is 11.1. The highest BCUT2D eigenvalue weighted by molar-refractivity contribution is 8.03. The molecular formula is C10H14F7NS. The van der Waals surface area contributed by atoms with Crippen LogP contribution in [0.3, 0.4) is 0 Å². The molecule has 0 amide bonds. The van der Waals surface area contributed by atoms with Crippen LogP contribution in [0.4, 0.5) is 30.7 Å². The smallest absolute Gasteiger partial charge is 0.224 e. The van der Waals surface area contributed by atoms with Crippen LogP contribution in [0.5, 0.6) is 0 Å². The summed E-state index contributed by atoms with van der Waals surface area (Å²) < 4.78 is 81.3. The molecule has 0 atom stereocenters. The summed E-state index contributed by atoms with van der Waals surface area (Å²) in [6, 6.07) is 0. The Labute approximate surface area is 111 Å². The summed E-state index contributed by atoms with van der Waals surface area (Å²) in [6.07, 6.45) is -11.1. The van der Waals surface area contributed by atoms with E-state index in [1.54, 1.807) is 0 Å². The summed E-state index contributed by atoms with van der Waals surface area (Å²) in [5.74, 6) is 0.993. The zero-order valence-electron chi connectivity index (χ0n) is 10.3. The fraction of sp³-hybridized carbons (Fsp3) is 0.900. The van der Waals surface area contributed by atoms with Gasteiger partial charge in [0.05, 0.1) is 0 Å². The Hall–Kier alpha value is -0.650. The van der Waals surface area contributed by atoms with E-state index in [0.29, 0.717) is 6.92 Å². The molecule has 0 saturated heterocycles. The van der Waals surface area contributed by atoms with Gasteiger partial charge in [-0.15, -0.1) is 0 Å². The van der Waals surface area contributed by atoms with E-state index in [9.17, 15) is 30.7 Å². The van der Waals surface area contributed by atoms with Crippen LogP contribution in [0, 0.1) is 10.7 Å². The lowest BCUT2D eigenvalue weighted by molar-refractivity contribution is -0.342. The minimum Gasteiger partial charge on any atom is -0.224 e. The Bertz CT molecular complexity index is 265. The number of nitrogens with zero attached hydrogens (tertiary/aromatic N) is 1. The number of unbranched alkanes of at least 4 members (excludes halogenated alkanes) is 1. The van der Waals surface area contributed by atoms with Crippen molar-refractivity contribution < 1.29 is 30.7 Å². The highest BCUT2D eigenvalue weighted by atomic mass is 32.2. The number of hydrogen-bond acceptors (Lipinski definition) is 2. The molecule has 9 heteroatoms. The fourth-order valence-corrected chi connectivity index (χ4v) is 1.35. The third kappa shape index (κ3) is 6.89. The third-order valence-electron chi connectivity index (χ3n) is 2.05. The second-order valence-electron chi connectivity index (χ2n) is 3.44. The molecule has 0 aromatic heterocycles. The van der Waals surface area contributed by atoms with Gasteiger partial charge in [-0.05, 0) is 24.6 Å². The van der Waals surface area contributed by atoms with Crippen LogP contribution in [-0.2, 0) is 0 Å². The van der Waals surface area contributed by atoms with Crippen LogP contribution >= 0.6 is 11.8 Å². The standard InChI is InChI=1S/C5H5F7.C5H9NS/c1-2-3(6,4(7,8)9)5(10,11)12;1-2-3-4-7-5-6/h2H2,1H3;2-4H2,1H3. The number of thiocyanates is 1. The Morgan fingerprint density at radius 1 is 0.947 bits per heavy atom. The lowest BCUT2D eigenvalue weighted by atomic mass is 10.0.